The molecule has 1 aliphatic carbocycles. The minimum absolute atomic E-state index is 0.0656. The van der Waals surface area contributed by atoms with Crippen molar-refractivity contribution < 1.29 is 39.6 Å². The molecule has 31 heavy (non-hydrogen) atoms. The Morgan fingerprint density at radius 1 is 1.00 bits per heavy atom. The Bertz CT molecular complexity index is 1060. The Balaban J connectivity index is 1.55. The minimum atomic E-state index is -4.66. The zero-order chi connectivity index (χ0) is 23.0. The Kier molecular flexibility index (Phi) is 6.05. The van der Waals surface area contributed by atoms with E-state index in [1.807, 2.05) is 0 Å². The van der Waals surface area contributed by atoms with E-state index < -0.39 is 49.4 Å². The van der Waals surface area contributed by atoms with E-state index in [9.17, 15) is 39.6 Å². The van der Waals surface area contributed by atoms with Crippen LogP contribution in [0.1, 0.15) is 34.5 Å². The maximum atomic E-state index is 12.8. The van der Waals surface area contributed by atoms with Crippen LogP contribution in [0.25, 0.3) is 0 Å². The molecule has 1 saturated carbocycles. The summed E-state index contributed by atoms with van der Waals surface area (Å²) in [6.07, 6.45) is -8.42. The van der Waals surface area contributed by atoms with Crippen molar-refractivity contribution in [1.29, 1.82) is 0 Å². The lowest BCUT2D eigenvalue weighted by atomic mass is 9.85. The summed E-state index contributed by atoms with van der Waals surface area (Å²) in [5, 5.41) is 1.60. The zero-order valence-corrected chi connectivity index (χ0v) is 16.5. The molecule has 3 rings (SSSR count). The first-order valence-corrected chi connectivity index (χ1v) is 10.6. The van der Waals surface area contributed by atoms with Gasteiger partial charge in [-0.2, -0.15) is 26.3 Å². The lowest BCUT2D eigenvalue weighted by molar-refractivity contribution is -0.138. The van der Waals surface area contributed by atoms with Gasteiger partial charge in [0, 0.05) is 12.7 Å². The number of aromatic nitrogens is 1. The number of sulfone groups is 1. The van der Waals surface area contributed by atoms with E-state index in [4.69, 9.17) is 0 Å². The van der Waals surface area contributed by atoms with Gasteiger partial charge in [0.15, 0.2) is 9.84 Å². The number of halogens is 6. The molecule has 1 aromatic carbocycles. The van der Waals surface area contributed by atoms with E-state index in [0.717, 1.165) is 30.3 Å². The highest BCUT2D eigenvalue weighted by molar-refractivity contribution is 7.92. The Labute approximate surface area is 173 Å². The average molecular weight is 466 g/mol. The molecule has 0 unspecified atom stereocenters. The van der Waals surface area contributed by atoms with Crippen molar-refractivity contribution in [2.45, 2.75) is 35.3 Å². The van der Waals surface area contributed by atoms with Gasteiger partial charge in [0.2, 0.25) is 0 Å². The molecule has 0 atom stereocenters. The molecule has 0 aliphatic heterocycles. The van der Waals surface area contributed by atoms with Gasteiger partial charge >= 0.3 is 12.4 Å². The summed E-state index contributed by atoms with van der Waals surface area (Å²) in [6, 6.07) is 5.18. The summed E-state index contributed by atoms with van der Waals surface area (Å²) in [5.74, 6) is -0.943. The highest BCUT2D eigenvalue weighted by atomic mass is 32.2. The summed E-state index contributed by atoms with van der Waals surface area (Å²) in [6.45, 7) is 0.0656. The fourth-order valence-electron chi connectivity index (χ4n) is 3.16. The highest BCUT2D eigenvalue weighted by Crippen LogP contribution is 2.38. The second-order valence-corrected chi connectivity index (χ2v) is 9.40. The van der Waals surface area contributed by atoms with Crippen LogP contribution in [0.2, 0.25) is 0 Å². The van der Waals surface area contributed by atoms with E-state index in [1.54, 1.807) is 0 Å². The third kappa shape index (κ3) is 5.17. The van der Waals surface area contributed by atoms with Gasteiger partial charge in [-0.25, -0.2) is 8.42 Å². The van der Waals surface area contributed by atoms with Crippen LogP contribution in [-0.4, -0.2) is 31.1 Å². The maximum absolute atomic E-state index is 12.8. The van der Waals surface area contributed by atoms with Crippen LogP contribution in [0.3, 0.4) is 0 Å². The minimum Gasteiger partial charge on any atom is -0.350 e. The Morgan fingerprint density at radius 2 is 1.65 bits per heavy atom. The van der Waals surface area contributed by atoms with Crippen LogP contribution in [0.5, 0.6) is 0 Å². The fourth-order valence-corrected chi connectivity index (χ4v) is 5.16. The molecule has 0 saturated heterocycles. The topological polar surface area (TPSA) is 76.1 Å². The number of nitrogens with one attached hydrogen (secondary N) is 1. The Morgan fingerprint density at radius 3 is 2.19 bits per heavy atom. The monoisotopic (exact) mass is 466 g/mol. The highest BCUT2D eigenvalue weighted by Gasteiger charge is 2.40. The molecule has 0 radical (unpaired) electrons. The maximum Gasteiger partial charge on any atom is 0.417 e. The van der Waals surface area contributed by atoms with Crippen LogP contribution in [-0.2, 0) is 22.2 Å². The molecule has 1 N–H and O–H groups in total. The van der Waals surface area contributed by atoms with Gasteiger partial charge in [-0.05, 0) is 49.1 Å². The van der Waals surface area contributed by atoms with Gasteiger partial charge in [0.05, 0.1) is 21.3 Å². The largest absolute Gasteiger partial charge is 0.417 e. The van der Waals surface area contributed by atoms with Gasteiger partial charge < -0.3 is 5.32 Å². The normalized spacial score (nSPS) is 19.5. The van der Waals surface area contributed by atoms with Crippen molar-refractivity contribution in [1.82, 2.24) is 10.3 Å². The predicted molar refractivity (Wildman–Crippen MR) is 96.7 cm³/mol. The number of hydrogen-bond acceptors (Lipinski definition) is 4. The quantitative estimate of drug-likeness (QED) is 0.674. The van der Waals surface area contributed by atoms with E-state index >= 15 is 0 Å². The summed E-state index contributed by atoms with van der Waals surface area (Å²) >= 11 is 0. The lowest BCUT2D eigenvalue weighted by Gasteiger charge is -2.35. The van der Waals surface area contributed by atoms with E-state index in [1.165, 1.54) is 0 Å². The van der Waals surface area contributed by atoms with Crippen molar-refractivity contribution in [3.05, 3.63) is 59.4 Å². The Hall–Kier alpha value is -2.63. The molecular formula is C19H16F6N2O3S. The van der Waals surface area contributed by atoms with Crippen molar-refractivity contribution >= 4 is 15.7 Å². The smallest absolute Gasteiger partial charge is 0.350 e. The number of carbonyl (C=O) groups is 1. The molecule has 1 aromatic heterocycles. The average Bonchev–Trinajstić information content (AvgIpc) is 2.65. The first kappa shape index (κ1) is 23.0. The number of pyridine rings is 1. The van der Waals surface area contributed by atoms with Crippen LogP contribution in [0.15, 0.2) is 47.5 Å². The standard InChI is InChI=1S/C19H16F6N2O3S/c20-18(21,22)12-2-1-3-14(8-12)31(29,30)15-6-11(7-15)9-27-17(28)16-5-4-13(10-26-16)19(23,24)25/h1-5,8,10-11,15H,6-7,9H2,(H,27,28)/t11-,15-. The zero-order valence-electron chi connectivity index (χ0n) is 15.7. The van der Waals surface area contributed by atoms with Crippen LogP contribution < -0.4 is 5.32 Å². The molecular weight excluding hydrogens is 450 g/mol. The van der Waals surface area contributed by atoms with Crippen molar-refractivity contribution in [2.24, 2.45) is 5.92 Å². The van der Waals surface area contributed by atoms with Gasteiger partial charge in [-0.3, -0.25) is 9.78 Å². The number of nitrogens with zero attached hydrogens (tertiary/aromatic N) is 1. The van der Waals surface area contributed by atoms with Crippen molar-refractivity contribution in [3.63, 3.8) is 0 Å². The van der Waals surface area contributed by atoms with Crippen molar-refractivity contribution in [2.75, 3.05) is 6.54 Å². The van der Waals surface area contributed by atoms with Gasteiger partial charge in [0.1, 0.15) is 5.69 Å². The number of carbonyl (C=O) groups excluding carboxylic acids is 1. The van der Waals surface area contributed by atoms with Gasteiger partial charge in [-0.15, -0.1) is 0 Å². The van der Waals surface area contributed by atoms with Crippen LogP contribution in [0.4, 0.5) is 26.3 Å². The second kappa shape index (κ2) is 8.13. The third-order valence-electron chi connectivity index (χ3n) is 5.00. The summed E-state index contributed by atoms with van der Waals surface area (Å²) in [5.41, 5.74) is -2.27. The number of benzene rings is 1. The van der Waals surface area contributed by atoms with Gasteiger partial charge in [-0.1, -0.05) is 6.07 Å². The number of rotatable bonds is 5. The third-order valence-corrected chi connectivity index (χ3v) is 7.17. The number of amides is 1. The summed E-state index contributed by atoms with van der Waals surface area (Å²) < 4.78 is 101. The molecule has 1 heterocycles. The number of hydrogen-bond donors (Lipinski definition) is 1. The predicted octanol–water partition coefficient (Wildman–Crippen LogP) is 4.10. The molecule has 1 amide bonds. The molecule has 2 aromatic rings. The van der Waals surface area contributed by atoms with E-state index in [2.05, 4.69) is 10.3 Å². The summed E-state index contributed by atoms with van der Waals surface area (Å²) in [4.78, 5) is 15.1. The van der Waals surface area contributed by atoms with Crippen LogP contribution in [0, 0.1) is 5.92 Å². The van der Waals surface area contributed by atoms with Crippen LogP contribution >= 0.6 is 0 Å². The molecule has 5 nitrogen and oxygen atoms in total. The second-order valence-electron chi connectivity index (χ2n) is 7.17. The molecule has 168 valence electrons. The first-order valence-electron chi connectivity index (χ1n) is 9.01. The van der Waals surface area contributed by atoms with Crippen molar-refractivity contribution in [3.8, 4) is 0 Å². The van der Waals surface area contributed by atoms with E-state index in [-0.39, 0.29) is 31.0 Å². The van der Waals surface area contributed by atoms with E-state index in [0.29, 0.717) is 12.3 Å². The number of alkyl halides is 6. The molecule has 1 aliphatic rings. The summed E-state index contributed by atoms with van der Waals surface area (Å²) in [7, 11) is -3.96. The molecule has 0 spiro atoms. The lowest BCUT2D eigenvalue weighted by Crippen LogP contribution is -2.42. The molecule has 12 heteroatoms. The fraction of sp³-hybridized carbons (Fsp3) is 0.368. The van der Waals surface area contributed by atoms with Gasteiger partial charge in [0.25, 0.3) is 5.91 Å². The SMILES string of the molecule is O=C(NC[C@H]1C[C@H](S(=O)(=O)c2cccc(C(F)(F)F)c2)C1)c1ccc(C(F)(F)F)cn1. The first-order chi connectivity index (χ1) is 14.3. The molecule has 1 fully saturated rings. The molecule has 0 bridgehead atoms.